The molecule has 0 atom stereocenters. The molecular formula is C7H10N2S. The van der Waals surface area contributed by atoms with Crippen molar-refractivity contribution in [2.75, 3.05) is 0 Å². The van der Waals surface area contributed by atoms with Crippen molar-refractivity contribution >= 4 is 23.1 Å². The number of hydrogen-bond donors (Lipinski definition) is 1. The van der Waals surface area contributed by atoms with Crippen molar-refractivity contribution in [2.45, 2.75) is 13.5 Å². The second kappa shape index (κ2) is 2.94. The van der Waals surface area contributed by atoms with Crippen molar-refractivity contribution in [3.8, 4) is 0 Å². The smallest absolute Gasteiger partial charge is 0.115 e. The van der Waals surface area contributed by atoms with Crippen LogP contribution in [0.2, 0.25) is 0 Å². The van der Waals surface area contributed by atoms with E-state index in [4.69, 9.17) is 5.73 Å². The minimum Gasteiger partial charge on any atom is -0.326 e. The summed E-state index contributed by atoms with van der Waals surface area (Å²) in [5.41, 5.74) is 6.68. The quantitative estimate of drug-likeness (QED) is 0.649. The Hall–Kier alpha value is -0.670. The highest BCUT2D eigenvalue weighted by Crippen LogP contribution is 2.27. The fourth-order valence-corrected chi connectivity index (χ4v) is 1.64. The molecule has 1 aromatic heterocycles. The zero-order valence-electron chi connectivity index (χ0n) is 5.92. The second-order valence-corrected chi connectivity index (χ2v) is 3.17. The maximum absolute atomic E-state index is 5.47. The predicted octanol–water partition coefficient (Wildman–Crippen LogP) is 1.85. The van der Waals surface area contributed by atoms with Gasteiger partial charge in [-0.25, -0.2) is 0 Å². The minimum atomic E-state index is 0.603. The van der Waals surface area contributed by atoms with Gasteiger partial charge in [-0.1, -0.05) is 0 Å². The highest BCUT2D eigenvalue weighted by Gasteiger charge is 2.00. The summed E-state index contributed by atoms with van der Waals surface area (Å²) in [6.45, 7) is 6.08. The molecule has 2 N–H and O–H groups in total. The van der Waals surface area contributed by atoms with Crippen molar-refractivity contribution in [1.29, 1.82) is 0 Å². The van der Waals surface area contributed by atoms with Gasteiger partial charge in [0, 0.05) is 11.4 Å². The third-order valence-electron chi connectivity index (χ3n) is 1.35. The van der Waals surface area contributed by atoms with Crippen LogP contribution < -0.4 is 5.73 Å². The molecule has 0 saturated carbocycles. The van der Waals surface area contributed by atoms with Gasteiger partial charge in [0.05, 0.1) is 0 Å². The highest BCUT2D eigenvalue weighted by atomic mass is 32.1. The predicted molar refractivity (Wildman–Crippen MR) is 46.2 cm³/mol. The van der Waals surface area contributed by atoms with Gasteiger partial charge in [-0.15, -0.1) is 11.3 Å². The summed E-state index contributed by atoms with van der Waals surface area (Å²) in [7, 11) is 0. The second-order valence-electron chi connectivity index (χ2n) is 2.05. The molecule has 0 amide bonds. The Bertz CT molecular complexity index is 240. The Balaban J connectivity index is 3.03. The molecule has 0 spiro atoms. The van der Waals surface area contributed by atoms with Crippen LogP contribution in [0.1, 0.15) is 10.4 Å². The van der Waals surface area contributed by atoms with Crippen molar-refractivity contribution in [3.63, 3.8) is 0 Å². The van der Waals surface area contributed by atoms with Crippen molar-refractivity contribution in [3.05, 3.63) is 16.5 Å². The number of hydrogen-bond acceptors (Lipinski definition) is 3. The molecule has 0 aromatic carbocycles. The molecule has 1 rings (SSSR count). The summed E-state index contributed by atoms with van der Waals surface area (Å²) in [6.07, 6.45) is 0. The van der Waals surface area contributed by atoms with Gasteiger partial charge < -0.3 is 5.73 Å². The SMILES string of the molecule is C=Nc1cc(C)c(CN)s1. The van der Waals surface area contributed by atoms with Crippen LogP contribution in [0.4, 0.5) is 5.00 Å². The molecule has 1 aromatic rings. The molecule has 10 heavy (non-hydrogen) atoms. The molecule has 0 aliphatic rings. The average Bonchev–Trinajstić information content (AvgIpc) is 2.30. The first-order chi connectivity index (χ1) is 4.77. The molecule has 0 bridgehead atoms. The summed E-state index contributed by atoms with van der Waals surface area (Å²) in [4.78, 5) is 5.01. The van der Waals surface area contributed by atoms with Crippen molar-refractivity contribution < 1.29 is 0 Å². The average molecular weight is 154 g/mol. The zero-order valence-corrected chi connectivity index (χ0v) is 6.74. The van der Waals surface area contributed by atoms with Gasteiger partial charge in [0.1, 0.15) is 5.00 Å². The summed E-state index contributed by atoms with van der Waals surface area (Å²) < 4.78 is 0. The zero-order chi connectivity index (χ0) is 7.56. The molecule has 1 heterocycles. The maximum atomic E-state index is 5.47. The Labute approximate surface area is 64.4 Å². The Kier molecular flexibility index (Phi) is 2.19. The molecule has 0 radical (unpaired) electrons. The molecule has 0 unspecified atom stereocenters. The van der Waals surface area contributed by atoms with Crippen molar-refractivity contribution in [2.24, 2.45) is 10.7 Å². The van der Waals surface area contributed by atoms with Gasteiger partial charge in [-0.3, -0.25) is 4.99 Å². The lowest BCUT2D eigenvalue weighted by Gasteiger charge is -1.87. The first-order valence-electron chi connectivity index (χ1n) is 3.04. The summed E-state index contributed by atoms with van der Waals surface area (Å²) in [6, 6.07) is 2.00. The van der Waals surface area contributed by atoms with E-state index in [-0.39, 0.29) is 0 Å². The van der Waals surface area contributed by atoms with E-state index in [1.807, 2.05) is 13.0 Å². The molecule has 0 fully saturated rings. The molecule has 2 nitrogen and oxygen atoms in total. The first kappa shape index (κ1) is 7.44. The van der Waals surface area contributed by atoms with E-state index in [2.05, 4.69) is 11.7 Å². The van der Waals surface area contributed by atoms with Crippen LogP contribution >= 0.6 is 11.3 Å². The Morgan fingerprint density at radius 1 is 1.80 bits per heavy atom. The van der Waals surface area contributed by atoms with E-state index in [1.54, 1.807) is 11.3 Å². The third kappa shape index (κ3) is 1.25. The lowest BCUT2D eigenvalue weighted by Crippen LogP contribution is -1.93. The Morgan fingerprint density at radius 2 is 2.50 bits per heavy atom. The van der Waals surface area contributed by atoms with Crippen LogP contribution in [-0.4, -0.2) is 6.72 Å². The van der Waals surface area contributed by atoms with Gasteiger partial charge in [-0.2, -0.15) is 0 Å². The fourth-order valence-electron chi connectivity index (χ4n) is 0.782. The van der Waals surface area contributed by atoms with Crippen LogP contribution in [0.15, 0.2) is 11.1 Å². The van der Waals surface area contributed by atoms with Gasteiger partial charge in [0.25, 0.3) is 0 Å². The highest BCUT2D eigenvalue weighted by molar-refractivity contribution is 7.15. The number of aryl methyl sites for hydroxylation is 1. The molecule has 3 heteroatoms. The normalized spacial score (nSPS) is 9.80. The third-order valence-corrected chi connectivity index (χ3v) is 2.54. The maximum Gasteiger partial charge on any atom is 0.115 e. The summed E-state index contributed by atoms with van der Waals surface area (Å²) in [5, 5.41) is 0.956. The lowest BCUT2D eigenvalue weighted by molar-refractivity contribution is 1.09. The van der Waals surface area contributed by atoms with Crippen molar-refractivity contribution in [1.82, 2.24) is 0 Å². The van der Waals surface area contributed by atoms with Gasteiger partial charge in [0.15, 0.2) is 0 Å². The molecule has 0 saturated heterocycles. The molecule has 0 aliphatic heterocycles. The largest absolute Gasteiger partial charge is 0.326 e. The van der Waals surface area contributed by atoms with Crippen LogP contribution in [0.3, 0.4) is 0 Å². The molecule has 54 valence electrons. The standard InChI is InChI=1S/C7H10N2S/c1-5-3-7(9-2)10-6(5)4-8/h3H,2,4,8H2,1H3. The van der Waals surface area contributed by atoms with Gasteiger partial charge >= 0.3 is 0 Å². The van der Waals surface area contributed by atoms with Crippen LogP contribution in [0.5, 0.6) is 0 Å². The topological polar surface area (TPSA) is 38.4 Å². The summed E-state index contributed by atoms with van der Waals surface area (Å²) in [5.74, 6) is 0. The minimum absolute atomic E-state index is 0.603. The van der Waals surface area contributed by atoms with Crippen LogP contribution in [-0.2, 0) is 6.54 Å². The Morgan fingerprint density at radius 3 is 2.80 bits per heavy atom. The summed E-state index contributed by atoms with van der Waals surface area (Å²) >= 11 is 1.61. The van der Waals surface area contributed by atoms with E-state index in [0.29, 0.717) is 6.54 Å². The van der Waals surface area contributed by atoms with Gasteiger partial charge in [0.2, 0.25) is 0 Å². The number of aliphatic imine (C=N–C) groups is 1. The molecule has 0 aliphatic carbocycles. The van der Waals surface area contributed by atoms with Gasteiger partial charge in [-0.05, 0) is 25.3 Å². The number of rotatable bonds is 2. The number of thiophene rings is 1. The fraction of sp³-hybridized carbons (Fsp3) is 0.286. The lowest BCUT2D eigenvalue weighted by atomic mass is 10.3. The van der Waals surface area contributed by atoms with E-state index in [1.165, 1.54) is 10.4 Å². The first-order valence-corrected chi connectivity index (χ1v) is 3.85. The van der Waals surface area contributed by atoms with Crippen LogP contribution in [0.25, 0.3) is 0 Å². The number of nitrogens with zero attached hydrogens (tertiary/aromatic N) is 1. The van der Waals surface area contributed by atoms with E-state index in [9.17, 15) is 0 Å². The molecular weight excluding hydrogens is 144 g/mol. The van der Waals surface area contributed by atoms with E-state index in [0.717, 1.165) is 5.00 Å². The van der Waals surface area contributed by atoms with E-state index >= 15 is 0 Å². The van der Waals surface area contributed by atoms with E-state index < -0.39 is 0 Å². The monoisotopic (exact) mass is 154 g/mol. The number of nitrogens with two attached hydrogens (primary N) is 1. The van der Waals surface area contributed by atoms with Crippen LogP contribution in [0, 0.1) is 6.92 Å².